The van der Waals surface area contributed by atoms with Gasteiger partial charge in [0.25, 0.3) is 0 Å². The average molecular weight is 143 g/mol. The van der Waals surface area contributed by atoms with E-state index in [1.54, 1.807) is 0 Å². The van der Waals surface area contributed by atoms with Crippen molar-refractivity contribution in [2.75, 3.05) is 20.3 Å². The zero-order chi connectivity index (χ0) is 7.82. The fourth-order valence-corrected chi connectivity index (χ4v) is 0.624. The molecule has 0 aromatic heterocycles. The largest absolute Gasteiger partial charge is 0.380 e. The van der Waals surface area contributed by atoms with Crippen LogP contribution in [-0.2, 0) is 4.74 Å². The monoisotopic (exact) mass is 143 g/mol. The molecule has 0 aromatic carbocycles. The zero-order valence-electron chi connectivity index (χ0n) is 6.89. The maximum absolute atomic E-state index is 5.29. The lowest BCUT2D eigenvalue weighted by molar-refractivity contribution is 0.124. The van der Waals surface area contributed by atoms with Crippen molar-refractivity contribution in [1.82, 2.24) is 5.32 Å². The number of nitrogens with one attached hydrogen (secondary N) is 1. The second kappa shape index (κ2) is 6.78. The topological polar surface area (TPSA) is 21.3 Å². The maximum atomic E-state index is 5.29. The van der Waals surface area contributed by atoms with Crippen molar-refractivity contribution < 1.29 is 4.74 Å². The standard InChI is InChI=1S/C8H17NO/c1-4-6-10-7-8(5-2)9-3/h5,8-9H,2,4,6-7H2,1,3H3. The Morgan fingerprint density at radius 2 is 2.40 bits per heavy atom. The van der Waals surface area contributed by atoms with Gasteiger partial charge in [-0.2, -0.15) is 0 Å². The quantitative estimate of drug-likeness (QED) is 0.445. The van der Waals surface area contributed by atoms with Crippen LogP contribution in [0, 0.1) is 0 Å². The first-order valence-corrected chi connectivity index (χ1v) is 3.72. The summed E-state index contributed by atoms with van der Waals surface area (Å²) in [7, 11) is 1.90. The molecule has 2 nitrogen and oxygen atoms in total. The highest BCUT2D eigenvalue weighted by Gasteiger charge is 1.97. The first-order chi connectivity index (χ1) is 4.85. The molecule has 0 spiro atoms. The van der Waals surface area contributed by atoms with Gasteiger partial charge in [-0.05, 0) is 13.5 Å². The average Bonchev–Trinajstić information content (AvgIpc) is 1.99. The zero-order valence-corrected chi connectivity index (χ0v) is 6.89. The molecule has 0 aromatic rings. The summed E-state index contributed by atoms with van der Waals surface area (Å²) in [4.78, 5) is 0. The van der Waals surface area contributed by atoms with Gasteiger partial charge in [-0.3, -0.25) is 0 Å². The van der Waals surface area contributed by atoms with Gasteiger partial charge in [-0.1, -0.05) is 13.0 Å². The van der Waals surface area contributed by atoms with Gasteiger partial charge in [0.2, 0.25) is 0 Å². The molecule has 0 aliphatic rings. The Morgan fingerprint density at radius 1 is 1.70 bits per heavy atom. The van der Waals surface area contributed by atoms with E-state index in [1.807, 2.05) is 13.1 Å². The number of hydrogen-bond acceptors (Lipinski definition) is 2. The van der Waals surface area contributed by atoms with Crippen molar-refractivity contribution in [3.8, 4) is 0 Å². The second-order valence-electron chi connectivity index (χ2n) is 2.21. The molecule has 0 saturated heterocycles. The van der Waals surface area contributed by atoms with Crippen LogP contribution in [0.3, 0.4) is 0 Å². The van der Waals surface area contributed by atoms with Gasteiger partial charge in [0.05, 0.1) is 6.61 Å². The highest BCUT2D eigenvalue weighted by atomic mass is 16.5. The molecular weight excluding hydrogens is 126 g/mol. The SMILES string of the molecule is C=CC(COCCC)NC. The Labute approximate surface area is 63.3 Å². The van der Waals surface area contributed by atoms with E-state index in [9.17, 15) is 0 Å². The predicted octanol–water partition coefficient (Wildman–Crippen LogP) is 1.19. The molecule has 0 saturated carbocycles. The van der Waals surface area contributed by atoms with E-state index in [1.165, 1.54) is 0 Å². The van der Waals surface area contributed by atoms with Gasteiger partial charge >= 0.3 is 0 Å². The fraction of sp³-hybridized carbons (Fsp3) is 0.750. The molecule has 0 aliphatic carbocycles. The first-order valence-electron chi connectivity index (χ1n) is 3.72. The number of rotatable bonds is 6. The van der Waals surface area contributed by atoms with Crippen LogP contribution in [0.2, 0.25) is 0 Å². The van der Waals surface area contributed by atoms with Crippen molar-refractivity contribution in [2.45, 2.75) is 19.4 Å². The summed E-state index contributed by atoms with van der Waals surface area (Å²) in [6.45, 7) is 7.34. The van der Waals surface area contributed by atoms with Crippen molar-refractivity contribution in [2.24, 2.45) is 0 Å². The van der Waals surface area contributed by atoms with Gasteiger partial charge in [-0.25, -0.2) is 0 Å². The molecule has 0 rings (SSSR count). The molecular formula is C8H17NO. The fourth-order valence-electron chi connectivity index (χ4n) is 0.624. The third kappa shape index (κ3) is 4.53. The van der Waals surface area contributed by atoms with E-state index >= 15 is 0 Å². The van der Waals surface area contributed by atoms with Gasteiger partial charge in [0.1, 0.15) is 0 Å². The minimum Gasteiger partial charge on any atom is -0.380 e. The number of likely N-dealkylation sites (N-methyl/N-ethyl adjacent to an activating group) is 1. The molecule has 0 fully saturated rings. The van der Waals surface area contributed by atoms with Crippen LogP contribution in [-0.4, -0.2) is 26.3 Å². The summed E-state index contributed by atoms with van der Waals surface area (Å²) < 4.78 is 5.29. The lowest BCUT2D eigenvalue weighted by Crippen LogP contribution is -2.27. The van der Waals surface area contributed by atoms with E-state index in [0.717, 1.165) is 19.6 Å². The Kier molecular flexibility index (Phi) is 6.55. The summed E-state index contributed by atoms with van der Waals surface area (Å²) in [5.41, 5.74) is 0. The second-order valence-corrected chi connectivity index (χ2v) is 2.21. The lowest BCUT2D eigenvalue weighted by Gasteiger charge is -2.10. The van der Waals surface area contributed by atoms with E-state index in [2.05, 4.69) is 18.8 Å². The number of ether oxygens (including phenoxy) is 1. The van der Waals surface area contributed by atoms with E-state index < -0.39 is 0 Å². The van der Waals surface area contributed by atoms with Crippen molar-refractivity contribution in [1.29, 1.82) is 0 Å². The van der Waals surface area contributed by atoms with Crippen molar-refractivity contribution >= 4 is 0 Å². The molecule has 60 valence electrons. The first kappa shape index (κ1) is 9.66. The molecule has 0 aliphatic heterocycles. The third-order valence-electron chi connectivity index (χ3n) is 1.30. The van der Waals surface area contributed by atoms with Gasteiger partial charge in [0.15, 0.2) is 0 Å². The molecule has 0 radical (unpaired) electrons. The minimum absolute atomic E-state index is 0.298. The lowest BCUT2D eigenvalue weighted by atomic mass is 10.3. The molecule has 10 heavy (non-hydrogen) atoms. The maximum Gasteiger partial charge on any atom is 0.0655 e. The van der Waals surface area contributed by atoms with Crippen LogP contribution in [0.5, 0.6) is 0 Å². The van der Waals surface area contributed by atoms with E-state index in [-0.39, 0.29) is 0 Å². The molecule has 1 atom stereocenters. The summed E-state index contributed by atoms with van der Waals surface area (Å²) in [6, 6.07) is 0.298. The van der Waals surface area contributed by atoms with E-state index in [0.29, 0.717) is 6.04 Å². The van der Waals surface area contributed by atoms with Crippen LogP contribution in [0.15, 0.2) is 12.7 Å². The summed E-state index contributed by atoms with van der Waals surface area (Å²) in [6.07, 6.45) is 2.93. The normalized spacial score (nSPS) is 13.0. The highest BCUT2D eigenvalue weighted by Crippen LogP contribution is 1.87. The Morgan fingerprint density at radius 3 is 2.80 bits per heavy atom. The van der Waals surface area contributed by atoms with Crippen LogP contribution < -0.4 is 5.32 Å². The van der Waals surface area contributed by atoms with Gasteiger partial charge in [-0.15, -0.1) is 6.58 Å². The number of hydrogen-bond donors (Lipinski definition) is 1. The Balaban J connectivity index is 3.17. The molecule has 1 unspecified atom stereocenters. The highest BCUT2D eigenvalue weighted by molar-refractivity contribution is 4.83. The van der Waals surface area contributed by atoms with Gasteiger partial charge < -0.3 is 10.1 Å². The molecule has 0 bridgehead atoms. The minimum atomic E-state index is 0.298. The van der Waals surface area contributed by atoms with Crippen molar-refractivity contribution in [3.05, 3.63) is 12.7 Å². The summed E-state index contributed by atoms with van der Waals surface area (Å²) in [5, 5.41) is 3.07. The van der Waals surface area contributed by atoms with Crippen LogP contribution in [0.1, 0.15) is 13.3 Å². The smallest absolute Gasteiger partial charge is 0.0655 e. The molecule has 1 N–H and O–H groups in total. The summed E-state index contributed by atoms with van der Waals surface area (Å²) in [5.74, 6) is 0. The van der Waals surface area contributed by atoms with E-state index in [4.69, 9.17) is 4.74 Å². The Hall–Kier alpha value is -0.340. The summed E-state index contributed by atoms with van der Waals surface area (Å²) >= 11 is 0. The Bertz CT molecular complexity index is 83.3. The molecule has 0 amide bonds. The predicted molar refractivity (Wildman–Crippen MR) is 44.2 cm³/mol. The van der Waals surface area contributed by atoms with Crippen molar-refractivity contribution in [3.63, 3.8) is 0 Å². The van der Waals surface area contributed by atoms with Gasteiger partial charge in [0, 0.05) is 12.6 Å². The van der Waals surface area contributed by atoms with Crippen LogP contribution in [0.4, 0.5) is 0 Å². The third-order valence-corrected chi connectivity index (χ3v) is 1.30. The molecule has 2 heteroatoms. The van der Waals surface area contributed by atoms with Crippen LogP contribution >= 0.6 is 0 Å². The van der Waals surface area contributed by atoms with Crippen LogP contribution in [0.25, 0.3) is 0 Å². The molecule has 0 heterocycles.